The summed E-state index contributed by atoms with van der Waals surface area (Å²) in [5, 5.41) is 6.96. The Morgan fingerprint density at radius 1 is 1.30 bits per heavy atom. The van der Waals surface area contributed by atoms with Gasteiger partial charge >= 0.3 is 5.76 Å². The normalized spacial score (nSPS) is 11.4. The van der Waals surface area contributed by atoms with Gasteiger partial charge in [-0.15, -0.1) is 11.3 Å². The van der Waals surface area contributed by atoms with Gasteiger partial charge in [-0.3, -0.25) is 4.98 Å². The number of aromatic nitrogens is 3. The molecule has 0 aliphatic rings. The van der Waals surface area contributed by atoms with E-state index in [0.29, 0.717) is 17.5 Å². The van der Waals surface area contributed by atoms with Crippen LogP contribution in [0.2, 0.25) is 0 Å². The van der Waals surface area contributed by atoms with Crippen molar-refractivity contribution in [2.24, 2.45) is 0 Å². The lowest BCUT2D eigenvalue weighted by molar-refractivity contribution is 0.392. The van der Waals surface area contributed by atoms with Crippen molar-refractivity contribution >= 4 is 22.4 Å². The van der Waals surface area contributed by atoms with E-state index in [0.717, 1.165) is 33.3 Å². The summed E-state index contributed by atoms with van der Waals surface area (Å²) in [4.78, 5) is 18.5. The lowest BCUT2D eigenvalue weighted by Crippen LogP contribution is -1.92. The summed E-state index contributed by atoms with van der Waals surface area (Å²) in [5.74, 6) is 0.379. The van der Waals surface area contributed by atoms with Gasteiger partial charge in [-0.2, -0.15) is 0 Å². The maximum atomic E-state index is 11.2. The van der Waals surface area contributed by atoms with Gasteiger partial charge in [-0.1, -0.05) is 11.2 Å². The number of oxazole rings is 1. The molecule has 4 rings (SSSR count). The summed E-state index contributed by atoms with van der Waals surface area (Å²) >= 11 is 1.59. The fourth-order valence-corrected chi connectivity index (χ4v) is 3.35. The van der Waals surface area contributed by atoms with Gasteiger partial charge in [0, 0.05) is 22.9 Å². The highest BCUT2D eigenvalue weighted by Gasteiger charge is 2.13. The fraction of sp³-hybridized carbons (Fsp3) is 0.188. The molecule has 1 N–H and O–H groups in total. The average molecular weight is 327 g/mol. The van der Waals surface area contributed by atoms with E-state index in [2.05, 4.69) is 15.1 Å². The summed E-state index contributed by atoms with van der Waals surface area (Å²) in [6.45, 7) is 3.84. The summed E-state index contributed by atoms with van der Waals surface area (Å²) in [5.41, 5.74) is 4.98. The first-order chi connectivity index (χ1) is 11.1. The Morgan fingerprint density at radius 3 is 2.96 bits per heavy atom. The smallest absolute Gasteiger partial charge is 0.408 e. The molecule has 1 aromatic carbocycles. The first-order valence-corrected chi connectivity index (χ1v) is 7.97. The molecule has 6 nitrogen and oxygen atoms in total. The highest BCUT2D eigenvalue weighted by Crippen LogP contribution is 2.27. The molecular weight excluding hydrogens is 314 g/mol. The maximum absolute atomic E-state index is 11.2. The predicted octanol–water partition coefficient (Wildman–Crippen LogP) is 3.44. The summed E-state index contributed by atoms with van der Waals surface area (Å²) in [6, 6.07) is 5.56. The van der Waals surface area contributed by atoms with Crippen LogP contribution in [0.15, 0.2) is 37.3 Å². The fourth-order valence-electron chi connectivity index (χ4n) is 2.53. The third-order valence-electron chi connectivity index (χ3n) is 3.78. The van der Waals surface area contributed by atoms with E-state index >= 15 is 0 Å². The van der Waals surface area contributed by atoms with E-state index in [1.807, 2.05) is 37.4 Å². The molecule has 0 aliphatic heterocycles. The van der Waals surface area contributed by atoms with Crippen molar-refractivity contribution in [3.8, 4) is 11.3 Å². The number of H-pyrrole nitrogens is 1. The minimum Gasteiger partial charge on any atom is -0.408 e. The van der Waals surface area contributed by atoms with Crippen LogP contribution in [0.3, 0.4) is 0 Å². The number of hydrogen-bond donors (Lipinski definition) is 1. The molecule has 0 fully saturated rings. The lowest BCUT2D eigenvalue weighted by atomic mass is 10.1. The number of fused-ring (bicyclic) bond motifs is 1. The Balaban J connectivity index is 1.67. The van der Waals surface area contributed by atoms with Crippen LogP contribution in [0.25, 0.3) is 22.4 Å². The molecule has 0 atom stereocenters. The highest BCUT2D eigenvalue weighted by molar-refractivity contribution is 7.10. The maximum Gasteiger partial charge on any atom is 0.417 e. The highest BCUT2D eigenvalue weighted by atomic mass is 32.1. The number of aryl methyl sites for hydroxylation is 2. The molecule has 0 spiro atoms. The van der Waals surface area contributed by atoms with E-state index in [9.17, 15) is 4.79 Å². The van der Waals surface area contributed by atoms with E-state index in [1.54, 1.807) is 11.3 Å². The molecule has 23 heavy (non-hydrogen) atoms. The van der Waals surface area contributed by atoms with Crippen LogP contribution in [-0.4, -0.2) is 15.1 Å². The summed E-state index contributed by atoms with van der Waals surface area (Å²) < 4.78 is 10.3. The Bertz CT molecular complexity index is 1030. The van der Waals surface area contributed by atoms with E-state index in [4.69, 9.17) is 8.94 Å². The van der Waals surface area contributed by atoms with Crippen LogP contribution in [0.5, 0.6) is 0 Å². The van der Waals surface area contributed by atoms with Gasteiger partial charge in [0.05, 0.1) is 21.9 Å². The molecular formula is C16H13N3O3S. The molecule has 0 aliphatic carbocycles. The third kappa shape index (κ3) is 2.49. The Morgan fingerprint density at radius 2 is 2.17 bits per heavy atom. The Kier molecular flexibility index (Phi) is 3.16. The summed E-state index contributed by atoms with van der Waals surface area (Å²) in [6.07, 6.45) is 0.702. The van der Waals surface area contributed by atoms with Gasteiger partial charge < -0.3 is 8.94 Å². The van der Waals surface area contributed by atoms with Crippen molar-refractivity contribution in [3.05, 3.63) is 56.2 Å². The zero-order valence-electron chi connectivity index (χ0n) is 12.5. The molecule has 0 saturated carbocycles. The van der Waals surface area contributed by atoms with Crippen molar-refractivity contribution in [2.45, 2.75) is 20.3 Å². The van der Waals surface area contributed by atoms with Crippen molar-refractivity contribution < 1.29 is 8.94 Å². The van der Waals surface area contributed by atoms with Gasteiger partial charge in [-0.05, 0) is 26.0 Å². The van der Waals surface area contributed by atoms with E-state index in [1.165, 1.54) is 0 Å². The second-order valence-electron chi connectivity index (χ2n) is 5.33. The van der Waals surface area contributed by atoms with E-state index < -0.39 is 5.76 Å². The number of rotatable bonds is 3. The number of nitrogens with zero attached hydrogens (tertiary/aromatic N) is 2. The van der Waals surface area contributed by atoms with Gasteiger partial charge in [0.1, 0.15) is 5.76 Å². The molecule has 0 saturated heterocycles. The van der Waals surface area contributed by atoms with Crippen LogP contribution in [0.4, 0.5) is 0 Å². The zero-order valence-corrected chi connectivity index (χ0v) is 13.4. The topological polar surface area (TPSA) is 84.9 Å². The number of nitrogens with one attached hydrogen (secondary N) is 1. The van der Waals surface area contributed by atoms with Crippen molar-refractivity contribution in [3.63, 3.8) is 0 Å². The predicted molar refractivity (Wildman–Crippen MR) is 86.7 cm³/mol. The van der Waals surface area contributed by atoms with Crippen LogP contribution in [0, 0.1) is 13.8 Å². The molecule has 7 heteroatoms. The Labute approximate surface area is 134 Å². The second kappa shape index (κ2) is 5.20. The molecule has 0 unspecified atom stereocenters. The molecule has 0 radical (unpaired) electrons. The van der Waals surface area contributed by atoms with Crippen LogP contribution in [-0.2, 0) is 6.42 Å². The number of hydrogen-bond acceptors (Lipinski definition) is 6. The summed E-state index contributed by atoms with van der Waals surface area (Å²) in [7, 11) is 0. The zero-order chi connectivity index (χ0) is 16.0. The third-order valence-corrected chi connectivity index (χ3v) is 4.63. The van der Waals surface area contributed by atoms with Crippen molar-refractivity contribution in [1.82, 2.24) is 15.1 Å². The van der Waals surface area contributed by atoms with Crippen molar-refractivity contribution in [2.75, 3.05) is 0 Å². The van der Waals surface area contributed by atoms with Gasteiger partial charge in [0.15, 0.2) is 5.58 Å². The monoisotopic (exact) mass is 327 g/mol. The van der Waals surface area contributed by atoms with Gasteiger partial charge in [-0.25, -0.2) is 9.78 Å². The molecule has 0 amide bonds. The van der Waals surface area contributed by atoms with E-state index in [-0.39, 0.29) is 0 Å². The molecule has 3 heterocycles. The first kappa shape index (κ1) is 14.0. The second-order valence-corrected chi connectivity index (χ2v) is 6.27. The lowest BCUT2D eigenvalue weighted by Gasteiger charge is -1.97. The Hall–Kier alpha value is -2.67. The molecule has 0 bridgehead atoms. The van der Waals surface area contributed by atoms with Gasteiger partial charge in [0.25, 0.3) is 0 Å². The van der Waals surface area contributed by atoms with Gasteiger partial charge in [0.2, 0.25) is 0 Å². The van der Waals surface area contributed by atoms with Crippen LogP contribution in [0.1, 0.15) is 22.0 Å². The largest absolute Gasteiger partial charge is 0.417 e. The van der Waals surface area contributed by atoms with Crippen LogP contribution >= 0.6 is 11.3 Å². The molecule has 3 aromatic heterocycles. The number of benzene rings is 1. The quantitative estimate of drug-likeness (QED) is 0.623. The minimum atomic E-state index is -0.450. The minimum absolute atomic E-state index is 0.450. The molecule has 4 aromatic rings. The number of thiazole rings is 1. The van der Waals surface area contributed by atoms with Crippen molar-refractivity contribution in [1.29, 1.82) is 0 Å². The standard InChI is InChI=1S/C16H13N3O3S/c1-8-11(9(2)22-19-8)6-15-17-13(7-23-15)10-3-4-12-14(5-10)21-16(20)18-12/h3-5,7H,6H2,1-2H3,(H,18,20). The van der Waals surface area contributed by atoms with Crippen LogP contribution < -0.4 is 5.76 Å². The average Bonchev–Trinajstić information content (AvgIpc) is 3.21. The first-order valence-electron chi connectivity index (χ1n) is 7.09. The number of aromatic amines is 1. The SMILES string of the molecule is Cc1noc(C)c1Cc1nc(-c2ccc3[nH]c(=O)oc3c2)cs1. The molecule has 116 valence electrons.